The molecule has 1 rings (SSSR count). The van der Waals surface area contributed by atoms with E-state index in [4.69, 9.17) is 9.47 Å². The van der Waals surface area contributed by atoms with E-state index in [-0.39, 0.29) is 6.10 Å². The normalized spacial score (nSPS) is 10.2. The van der Waals surface area contributed by atoms with Crippen LogP contribution in [0.2, 0.25) is 0 Å². The molecule has 0 heterocycles. The van der Waals surface area contributed by atoms with Crippen LogP contribution in [0.4, 0.5) is 0 Å². The molecule has 0 radical (unpaired) electrons. The quantitative estimate of drug-likeness (QED) is 0.813. The van der Waals surface area contributed by atoms with Crippen LogP contribution in [-0.2, 0) is 0 Å². The van der Waals surface area contributed by atoms with Crippen LogP contribution in [0.5, 0.6) is 11.5 Å². The Hall–Kier alpha value is -0.700. The van der Waals surface area contributed by atoms with Crippen molar-refractivity contribution in [2.75, 3.05) is 7.11 Å². The predicted molar refractivity (Wildman–Crippen MR) is 56.5 cm³/mol. The maximum Gasteiger partial charge on any atom is 0.136 e. The van der Waals surface area contributed by atoms with Crippen molar-refractivity contribution in [2.24, 2.45) is 0 Å². The van der Waals surface area contributed by atoms with E-state index in [1.54, 1.807) is 7.11 Å². The van der Waals surface area contributed by atoms with E-state index in [0.717, 1.165) is 16.0 Å². The van der Waals surface area contributed by atoms with Gasteiger partial charge in [0, 0.05) is 6.07 Å². The summed E-state index contributed by atoms with van der Waals surface area (Å²) in [5, 5.41) is 0. The van der Waals surface area contributed by atoms with Gasteiger partial charge in [0.05, 0.1) is 17.7 Å². The first kappa shape index (κ1) is 10.4. The van der Waals surface area contributed by atoms with Crippen molar-refractivity contribution in [1.29, 1.82) is 0 Å². The Labute approximate surface area is 87.0 Å². The first-order chi connectivity index (χ1) is 6.13. The fourth-order valence-corrected chi connectivity index (χ4v) is 1.39. The van der Waals surface area contributed by atoms with Crippen LogP contribution in [0.25, 0.3) is 0 Å². The van der Waals surface area contributed by atoms with Gasteiger partial charge in [-0.3, -0.25) is 0 Å². The first-order valence-electron chi connectivity index (χ1n) is 4.13. The zero-order valence-electron chi connectivity index (χ0n) is 8.00. The molecule has 0 amide bonds. The standard InChI is InChI=1S/C10H13BrO2/c1-7(2)13-8-4-5-9(11)10(6-8)12-3/h4-7H,1-3H3. The fraction of sp³-hybridized carbons (Fsp3) is 0.400. The molecule has 13 heavy (non-hydrogen) atoms. The maximum absolute atomic E-state index is 5.51. The summed E-state index contributed by atoms with van der Waals surface area (Å²) < 4.78 is 11.6. The van der Waals surface area contributed by atoms with Crippen LogP contribution < -0.4 is 9.47 Å². The van der Waals surface area contributed by atoms with E-state index in [0.29, 0.717) is 0 Å². The second-order valence-electron chi connectivity index (χ2n) is 2.96. The zero-order valence-corrected chi connectivity index (χ0v) is 9.59. The molecule has 2 nitrogen and oxygen atoms in total. The third-order valence-corrected chi connectivity index (χ3v) is 2.15. The van der Waals surface area contributed by atoms with Crippen LogP contribution in [0.1, 0.15) is 13.8 Å². The van der Waals surface area contributed by atoms with Gasteiger partial charge in [-0.25, -0.2) is 0 Å². The number of methoxy groups -OCH3 is 1. The lowest BCUT2D eigenvalue weighted by Crippen LogP contribution is -2.05. The largest absolute Gasteiger partial charge is 0.495 e. The molecule has 1 aromatic rings. The van der Waals surface area contributed by atoms with Gasteiger partial charge in [0.2, 0.25) is 0 Å². The highest BCUT2D eigenvalue weighted by molar-refractivity contribution is 9.10. The summed E-state index contributed by atoms with van der Waals surface area (Å²) in [7, 11) is 1.64. The Morgan fingerprint density at radius 3 is 2.54 bits per heavy atom. The van der Waals surface area contributed by atoms with Crippen LogP contribution in [0.3, 0.4) is 0 Å². The number of ether oxygens (including phenoxy) is 2. The van der Waals surface area contributed by atoms with Gasteiger partial charge in [-0.05, 0) is 41.9 Å². The third kappa shape index (κ3) is 2.92. The lowest BCUT2D eigenvalue weighted by Gasteiger charge is -2.11. The van der Waals surface area contributed by atoms with Crippen molar-refractivity contribution in [3.63, 3.8) is 0 Å². The van der Waals surface area contributed by atoms with Crippen molar-refractivity contribution in [1.82, 2.24) is 0 Å². The number of hydrogen-bond donors (Lipinski definition) is 0. The Bertz CT molecular complexity index is 284. The summed E-state index contributed by atoms with van der Waals surface area (Å²) in [4.78, 5) is 0. The van der Waals surface area contributed by atoms with Crippen molar-refractivity contribution >= 4 is 15.9 Å². The maximum atomic E-state index is 5.51. The van der Waals surface area contributed by atoms with Gasteiger partial charge >= 0.3 is 0 Å². The minimum atomic E-state index is 0.186. The number of hydrogen-bond acceptors (Lipinski definition) is 2. The molecule has 0 unspecified atom stereocenters. The minimum Gasteiger partial charge on any atom is -0.495 e. The van der Waals surface area contributed by atoms with Gasteiger partial charge in [-0.1, -0.05) is 0 Å². The molecule has 0 saturated carbocycles. The van der Waals surface area contributed by atoms with E-state index in [2.05, 4.69) is 15.9 Å². The van der Waals surface area contributed by atoms with Crippen LogP contribution in [0, 0.1) is 0 Å². The Kier molecular flexibility index (Phi) is 3.60. The summed E-state index contributed by atoms with van der Waals surface area (Å²) in [5.41, 5.74) is 0. The molecule has 3 heteroatoms. The highest BCUT2D eigenvalue weighted by atomic mass is 79.9. The van der Waals surface area contributed by atoms with E-state index < -0.39 is 0 Å². The average Bonchev–Trinajstić information content (AvgIpc) is 2.07. The third-order valence-electron chi connectivity index (χ3n) is 1.49. The summed E-state index contributed by atoms with van der Waals surface area (Å²) in [5.74, 6) is 1.62. The Morgan fingerprint density at radius 2 is 2.00 bits per heavy atom. The zero-order chi connectivity index (χ0) is 9.84. The molecule has 0 N–H and O–H groups in total. The van der Waals surface area contributed by atoms with Gasteiger partial charge in [0.15, 0.2) is 0 Å². The number of benzene rings is 1. The molecule has 0 aliphatic carbocycles. The van der Waals surface area contributed by atoms with E-state index in [1.165, 1.54) is 0 Å². The minimum absolute atomic E-state index is 0.186. The predicted octanol–water partition coefficient (Wildman–Crippen LogP) is 3.24. The highest BCUT2D eigenvalue weighted by Gasteiger charge is 2.03. The van der Waals surface area contributed by atoms with Crippen LogP contribution in [-0.4, -0.2) is 13.2 Å². The monoisotopic (exact) mass is 244 g/mol. The molecule has 0 fully saturated rings. The summed E-state index contributed by atoms with van der Waals surface area (Å²) in [6.07, 6.45) is 0.186. The van der Waals surface area contributed by atoms with Crippen LogP contribution in [0.15, 0.2) is 22.7 Å². The Morgan fingerprint density at radius 1 is 1.31 bits per heavy atom. The van der Waals surface area contributed by atoms with Crippen molar-refractivity contribution in [2.45, 2.75) is 20.0 Å². The molecular formula is C10H13BrO2. The highest BCUT2D eigenvalue weighted by Crippen LogP contribution is 2.29. The van der Waals surface area contributed by atoms with E-state index >= 15 is 0 Å². The molecule has 0 atom stereocenters. The van der Waals surface area contributed by atoms with Gasteiger partial charge in [-0.2, -0.15) is 0 Å². The second kappa shape index (κ2) is 4.51. The Balaban J connectivity index is 2.86. The SMILES string of the molecule is COc1cc(OC(C)C)ccc1Br. The van der Waals surface area contributed by atoms with Crippen molar-refractivity contribution in [3.05, 3.63) is 22.7 Å². The summed E-state index contributed by atoms with van der Waals surface area (Å²) in [6, 6.07) is 5.69. The molecule has 0 aromatic heterocycles. The molecular weight excluding hydrogens is 232 g/mol. The molecule has 0 aliphatic heterocycles. The van der Waals surface area contributed by atoms with Crippen molar-refractivity contribution in [3.8, 4) is 11.5 Å². The molecule has 0 bridgehead atoms. The number of halogens is 1. The lowest BCUT2D eigenvalue weighted by molar-refractivity contribution is 0.241. The molecule has 0 aliphatic rings. The first-order valence-corrected chi connectivity index (χ1v) is 4.93. The van der Waals surface area contributed by atoms with Gasteiger partial charge < -0.3 is 9.47 Å². The number of rotatable bonds is 3. The van der Waals surface area contributed by atoms with Gasteiger partial charge in [0.1, 0.15) is 11.5 Å². The molecule has 0 saturated heterocycles. The van der Waals surface area contributed by atoms with E-state index in [1.807, 2.05) is 32.0 Å². The van der Waals surface area contributed by atoms with Gasteiger partial charge in [0.25, 0.3) is 0 Å². The molecule has 1 aromatic carbocycles. The van der Waals surface area contributed by atoms with Gasteiger partial charge in [-0.15, -0.1) is 0 Å². The molecule has 72 valence electrons. The average molecular weight is 245 g/mol. The second-order valence-corrected chi connectivity index (χ2v) is 3.82. The smallest absolute Gasteiger partial charge is 0.136 e. The summed E-state index contributed by atoms with van der Waals surface area (Å²) >= 11 is 3.38. The topological polar surface area (TPSA) is 18.5 Å². The lowest BCUT2D eigenvalue weighted by atomic mass is 10.3. The van der Waals surface area contributed by atoms with E-state index in [9.17, 15) is 0 Å². The molecule has 0 spiro atoms. The summed E-state index contributed by atoms with van der Waals surface area (Å²) in [6.45, 7) is 3.99. The van der Waals surface area contributed by atoms with Crippen molar-refractivity contribution < 1.29 is 9.47 Å². The fourth-order valence-electron chi connectivity index (χ4n) is 0.986. The van der Waals surface area contributed by atoms with Crippen LogP contribution >= 0.6 is 15.9 Å².